The smallest absolute Gasteiger partial charge is 0.341 e. The summed E-state index contributed by atoms with van der Waals surface area (Å²) in [5, 5.41) is 9.83. The van der Waals surface area contributed by atoms with E-state index in [2.05, 4.69) is 9.97 Å². The van der Waals surface area contributed by atoms with Crippen molar-refractivity contribution in [1.29, 1.82) is 0 Å². The Kier molecular flexibility index (Phi) is 7.56. The van der Waals surface area contributed by atoms with Crippen LogP contribution in [0, 0.1) is 0 Å². The molecular weight excluding hydrogens is 312 g/mol. The SMILES string of the molecule is CCOC(=O)c1cnc(SC)nc1.Oc1ccccc1Cl. The molecule has 1 aromatic heterocycles. The molecule has 0 atom stereocenters. The highest BCUT2D eigenvalue weighted by Crippen LogP contribution is 2.20. The number of hydrogen-bond acceptors (Lipinski definition) is 6. The van der Waals surface area contributed by atoms with E-state index in [1.807, 2.05) is 6.26 Å². The van der Waals surface area contributed by atoms with Crippen molar-refractivity contribution in [2.75, 3.05) is 12.9 Å². The molecule has 0 radical (unpaired) electrons. The van der Waals surface area contributed by atoms with Crippen molar-refractivity contribution >= 4 is 29.3 Å². The molecule has 0 spiro atoms. The van der Waals surface area contributed by atoms with Gasteiger partial charge in [-0.25, -0.2) is 14.8 Å². The zero-order valence-electron chi connectivity index (χ0n) is 11.6. The van der Waals surface area contributed by atoms with Crippen LogP contribution >= 0.6 is 23.4 Å². The van der Waals surface area contributed by atoms with Crippen LogP contribution in [0.2, 0.25) is 5.02 Å². The Labute approximate surface area is 132 Å². The number of benzene rings is 1. The summed E-state index contributed by atoms with van der Waals surface area (Å²) in [5.41, 5.74) is 0.389. The van der Waals surface area contributed by atoms with E-state index < -0.39 is 0 Å². The zero-order valence-corrected chi connectivity index (χ0v) is 13.2. The first kappa shape index (κ1) is 17.3. The number of thioether (sulfide) groups is 1. The van der Waals surface area contributed by atoms with Gasteiger partial charge in [0, 0.05) is 12.4 Å². The first-order valence-corrected chi connectivity index (χ1v) is 7.65. The number of para-hydroxylation sites is 1. The lowest BCUT2D eigenvalue weighted by molar-refractivity contribution is 0.0525. The maximum atomic E-state index is 11.1. The van der Waals surface area contributed by atoms with Crippen LogP contribution < -0.4 is 0 Å². The lowest BCUT2D eigenvalue weighted by Gasteiger charge is -2.00. The van der Waals surface area contributed by atoms with Gasteiger partial charge in [-0.15, -0.1) is 0 Å². The highest BCUT2D eigenvalue weighted by atomic mass is 35.5. The second-order valence-corrected chi connectivity index (χ2v) is 4.81. The normalized spacial score (nSPS) is 9.48. The van der Waals surface area contributed by atoms with Crippen molar-refractivity contribution in [1.82, 2.24) is 9.97 Å². The quantitative estimate of drug-likeness (QED) is 0.529. The number of carbonyl (C=O) groups is 1. The molecule has 0 fully saturated rings. The summed E-state index contributed by atoms with van der Waals surface area (Å²) < 4.78 is 4.78. The largest absolute Gasteiger partial charge is 0.506 e. The molecule has 2 rings (SSSR count). The minimum atomic E-state index is -0.379. The maximum absolute atomic E-state index is 11.1. The Morgan fingerprint density at radius 1 is 1.33 bits per heavy atom. The number of phenolic OH excluding ortho intramolecular Hbond substituents is 1. The number of rotatable bonds is 3. The van der Waals surface area contributed by atoms with Gasteiger partial charge in [0.2, 0.25) is 0 Å². The van der Waals surface area contributed by atoms with E-state index in [1.54, 1.807) is 31.2 Å². The average molecular weight is 327 g/mol. The molecule has 0 unspecified atom stereocenters. The second kappa shape index (κ2) is 9.20. The number of aromatic nitrogens is 2. The molecule has 0 aliphatic rings. The predicted octanol–water partition coefficient (Wildman–Crippen LogP) is 3.42. The molecule has 2 aromatic rings. The van der Waals surface area contributed by atoms with Crippen LogP contribution in [0.15, 0.2) is 41.8 Å². The van der Waals surface area contributed by atoms with Gasteiger partial charge in [-0.05, 0) is 25.3 Å². The number of ether oxygens (including phenoxy) is 1. The number of aromatic hydroxyl groups is 1. The van der Waals surface area contributed by atoms with E-state index in [9.17, 15) is 4.79 Å². The topological polar surface area (TPSA) is 72.3 Å². The van der Waals surface area contributed by atoms with Crippen LogP contribution in [0.3, 0.4) is 0 Å². The van der Waals surface area contributed by atoms with E-state index in [0.29, 0.717) is 22.3 Å². The van der Waals surface area contributed by atoms with E-state index in [1.165, 1.54) is 24.2 Å². The molecule has 5 nitrogen and oxygen atoms in total. The number of hydrogen-bond donors (Lipinski definition) is 1. The van der Waals surface area contributed by atoms with Crippen LogP contribution in [0.5, 0.6) is 5.75 Å². The molecule has 0 amide bonds. The van der Waals surface area contributed by atoms with Crippen molar-refractivity contribution < 1.29 is 14.6 Å². The van der Waals surface area contributed by atoms with Gasteiger partial charge in [-0.3, -0.25) is 0 Å². The predicted molar refractivity (Wildman–Crippen MR) is 82.9 cm³/mol. The van der Waals surface area contributed by atoms with Crippen molar-refractivity contribution in [3.8, 4) is 5.75 Å². The summed E-state index contributed by atoms with van der Waals surface area (Å²) in [6.45, 7) is 2.12. The molecule has 0 aliphatic carbocycles. The summed E-state index contributed by atoms with van der Waals surface area (Å²) in [6, 6.07) is 6.67. The monoisotopic (exact) mass is 326 g/mol. The number of nitrogens with zero attached hydrogens (tertiary/aromatic N) is 2. The van der Waals surface area contributed by atoms with E-state index in [-0.39, 0.29) is 11.7 Å². The summed E-state index contributed by atoms with van der Waals surface area (Å²) in [5.74, 6) is -0.246. The standard InChI is InChI=1S/C8H10N2O2S.C6H5ClO/c1-3-12-7(11)6-4-9-8(13-2)10-5-6;7-5-3-1-2-4-6(5)8/h4-5H,3H2,1-2H3;1-4,8H. The average Bonchev–Trinajstić information content (AvgIpc) is 2.51. The number of phenols is 1. The van der Waals surface area contributed by atoms with Crippen molar-refractivity contribution in [3.05, 3.63) is 47.2 Å². The van der Waals surface area contributed by atoms with Crippen LogP contribution in [0.1, 0.15) is 17.3 Å². The molecule has 0 saturated heterocycles. The Hall–Kier alpha value is -1.79. The van der Waals surface area contributed by atoms with Crippen molar-refractivity contribution in [3.63, 3.8) is 0 Å². The van der Waals surface area contributed by atoms with Gasteiger partial charge in [0.15, 0.2) is 5.16 Å². The first-order valence-electron chi connectivity index (χ1n) is 6.05. The number of esters is 1. The molecule has 0 bridgehead atoms. The van der Waals surface area contributed by atoms with Gasteiger partial charge in [0.05, 0.1) is 17.2 Å². The Morgan fingerprint density at radius 3 is 2.38 bits per heavy atom. The number of carbonyl (C=O) groups excluding carboxylic acids is 1. The van der Waals surface area contributed by atoms with E-state index in [0.717, 1.165) is 0 Å². The van der Waals surface area contributed by atoms with E-state index >= 15 is 0 Å². The second-order valence-electron chi connectivity index (χ2n) is 3.63. The van der Waals surface area contributed by atoms with Gasteiger partial charge in [0.1, 0.15) is 5.75 Å². The van der Waals surface area contributed by atoms with Crippen molar-refractivity contribution in [2.45, 2.75) is 12.1 Å². The van der Waals surface area contributed by atoms with Gasteiger partial charge in [-0.2, -0.15) is 0 Å². The summed E-state index contributed by atoms with van der Waals surface area (Å²) >= 11 is 6.89. The van der Waals surface area contributed by atoms with Gasteiger partial charge in [-0.1, -0.05) is 35.5 Å². The molecule has 7 heteroatoms. The number of halogens is 1. The first-order chi connectivity index (χ1) is 10.1. The fraction of sp³-hybridized carbons (Fsp3) is 0.214. The van der Waals surface area contributed by atoms with Crippen LogP contribution in [0.4, 0.5) is 0 Å². The molecule has 1 aromatic carbocycles. The van der Waals surface area contributed by atoms with Crippen LogP contribution in [-0.2, 0) is 4.74 Å². The highest BCUT2D eigenvalue weighted by Gasteiger charge is 2.06. The fourth-order valence-electron chi connectivity index (χ4n) is 1.19. The molecule has 112 valence electrons. The summed E-state index contributed by atoms with van der Waals surface area (Å²) in [7, 11) is 0. The van der Waals surface area contributed by atoms with Gasteiger partial charge in [0.25, 0.3) is 0 Å². The molecule has 1 N–H and O–H groups in total. The molecule has 1 heterocycles. The lowest BCUT2D eigenvalue weighted by atomic mass is 10.3. The van der Waals surface area contributed by atoms with Crippen LogP contribution in [0.25, 0.3) is 0 Å². The Balaban J connectivity index is 0.000000235. The van der Waals surface area contributed by atoms with Gasteiger partial charge >= 0.3 is 5.97 Å². The molecule has 21 heavy (non-hydrogen) atoms. The van der Waals surface area contributed by atoms with Crippen molar-refractivity contribution in [2.24, 2.45) is 0 Å². The third kappa shape index (κ3) is 6.01. The van der Waals surface area contributed by atoms with E-state index in [4.69, 9.17) is 21.4 Å². The maximum Gasteiger partial charge on any atom is 0.341 e. The summed E-state index contributed by atoms with van der Waals surface area (Å²) in [4.78, 5) is 19.0. The molecule has 0 saturated carbocycles. The summed E-state index contributed by atoms with van der Waals surface area (Å²) in [6.07, 6.45) is 4.81. The third-order valence-electron chi connectivity index (χ3n) is 2.17. The zero-order chi connectivity index (χ0) is 15.7. The van der Waals surface area contributed by atoms with Crippen LogP contribution in [-0.4, -0.2) is 33.9 Å². The highest BCUT2D eigenvalue weighted by molar-refractivity contribution is 7.98. The lowest BCUT2D eigenvalue weighted by Crippen LogP contribution is -2.05. The molecular formula is C14H15ClN2O3S. The minimum absolute atomic E-state index is 0.133. The Morgan fingerprint density at radius 2 is 1.95 bits per heavy atom. The fourth-order valence-corrected chi connectivity index (χ4v) is 1.65. The Bertz CT molecular complexity index is 558. The third-order valence-corrected chi connectivity index (χ3v) is 3.07. The molecule has 0 aliphatic heterocycles. The minimum Gasteiger partial charge on any atom is -0.506 e. The van der Waals surface area contributed by atoms with Gasteiger partial charge < -0.3 is 9.84 Å².